The van der Waals surface area contributed by atoms with Crippen LogP contribution in [0.4, 0.5) is 0 Å². The van der Waals surface area contributed by atoms with Crippen molar-refractivity contribution in [2.45, 2.75) is 30.2 Å². The Morgan fingerprint density at radius 2 is 2.10 bits per heavy atom. The van der Waals surface area contributed by atoms with Crippen LogP contribution in [0.5, 0.6) is 0 Å². The lowest BCUT2D eigenvalue weighted by atomic mass is 10.2. The van der Waals surface area contributed by atoms with E-state index in [-0.39, 0.29) is 29.0 Å². The van der Waals surface area contributed by atoms with Gasteiger partial charge in [-0.2, -0.15) is 0 Å². The summed E-state index contributed by atoms with van der Waals surface area (Å²) in [5, 5.41) is 11.3. The van der Waals surface area contributed by atoms with Gasteiger partial charge in [0.05, 0.1) is 10.5 Å². The summed E-state index contributed by atoms with van der Waals surface area (Å²) in [6.45, 7) is 0.320. The monoisotopic (exact) mass is 376 g/mol. The lowest BCUT2D eigenvalue weighted by Crippen LogP contribution is -2.28. The molecule has 8 heteroatoms. The number of nitrogens with one attached hydrogen (secondary N) is 2. The van der Waals surface area contributed by atoms with Crippen molar-refractivity contribution in [3.63, 3.8) is 0 Å². The molecule has 1 fully saturated rings. The first-order valence-electron chi connectivity index (χ1n) is 6.65. The van der Waals surface area contributed by atoms with E-state index >= 15 is 0 Å². The van der Waals surface area contributed by atoms with Crippen LogP contribution in [0.2, 0.25) is 0 Å². The molecule has 1 amide bonds. The third-order valence-electron chi connectivity index (χ3n) is 3.01. The third kappa shape index (κ3) is 4.50. The maximum absolute atomic E-state index is 12.1. The number of sulfonamides is 1. The standard InChI is InChI=1S/C13H17BrN2O4S/c14-12-5-4-10(21(19,20)16-9-2-3-9)8-11(12)13(18)15-6-1-7-17/h4-5,8-9,16-17H,1-3,6-7H2,(H,15,18). The molecule has 3 N–H and O–H groups in total. The summed E-state index contributed by atoms with van der Waals surface area (Å²) in [5.74, 6) is -0.376. The summed E-state index contributed by atoms with van der Waals surface area (Å²) in [6, 6.07) is 4.37. The molecule has 1 aliphatic carbocycles. The molecule has 0 spiro atoms. The molecule has 0 unspecified atom stereocenters. The molecular weight excluding hydrogens is 360 g/mol. The Hall–Kier alpha value is -0.960. The van der Waals surface area contributed by atoms with Crippen molar-refractivity contribution in [1.29, 1.82) is 0 Å². The van der Waals surface area contributed by atoms with Crippen LogP contribution in [0.25, 0.3) is 0 Å². The minimum absolute atomic E-state index is 0.0127. The number of amides is 1. The maximum Gasteiger partial charge on any atom is 0.252 e. The number of benzene rings is 1. The highest BCUT2D eigenvalue weighted by atomic mass is 79.9. The van der Waals surface area contributed by atoms with Crippen LogP contribution in [-0.2, 0) is 10.0 Å². The van der Waals surface area contributed by atoms with Crippen LogP contribution in [0.15, 0.2) is 27.6 Å². The lowest BCUT2D eigenvalue weighted by molar-refractivity contribution is 0.0950. The third-order valence-corrected chi connectivity index (χ3v) is 5.22. The SMILES string of the molecule is O=C(NCCCO)c1cc(S(=O)(=O)NC2CC2)ccc1Br. The molecule has 0 bridgehead atoms. The molecular formula is C13H17BrN2O4S. The van der Waals surface area contributed by atoms with Gasteiger partial charge in [0.2, 0.25) is 10.0 Å². The van der Waals surface area contributed by atoms with E-state index in [1.165, 1.54) is 12.1 Å². The van der Waals surface area contributed by atoms with Crippen molar-refractivity contribution in [3.05, 3.63) is 28.2 Å². The average molecular weight is 377 g/mol. The van der Waals surface area contributed by atoms with Gasteiger partial charge in [0.25, 0.3) is 5.91 Å². The molecule has 2 rings (SSSR count). The molecule has 0 saturated heterocycles. The summed E-state index contributed by atoms with van der Waals surface area (Å²) in [7, 11) is -3.59. The zero-order chi connectivity index (χ0) is 15.5. The van der Waals surface area contributed by atoms with E-state index in [2.05, 4.69) is 26.0 Å². The fourth-order valence-corrected chi connectivity index (χ4v) is 3.47. The average Bonchev–Trinajstić information content (AvgIpc) is 3.22. The van der Waals surface area contributed by atoms with Gasteiger partial charge >= 0.3 is 0 Å². The molecule has 0 heterocycles. The zero-order valence-corrected chi connectivity index (χ0v) is 13.7. The molecule has 0 aliphatic heterocycles. The normalized spacial score (nSPS) is 15.0. The number of halogens is 1. The molecule has 0 atom stereocenters. The second-order valence-electron chi connectivity index (χ2n) is 4.87. The van der Waals surface area contributed by atoms with Crippen molar-refractivity contribution in [1.82, 2.24) is 10.0 Å². The van der Waals surface area contributed by atoms with Crippen LogP contribution in [0.3, 0.4) is 0 Å². The summed E-state index contributed by atoms with van der Waals surface area (Å²) in [6.07, 6.45) is 2.15. The fourth-order valence-electron chi connectivity index (χ4n) is 1.71. The van der Waals surface area contributed by atoms with Gasteiger partial charge in [-0.15, -0.1) is 0 Å². The van der Waals surface area contributed by atoms with Gasteiger partial charge in [0.15, 0.2) is 0 Å². The first-order chi connectivity index (χ1) is 9.94. The number of hydrogen-bond acceptors (Lipinski definition) is 4. The summed E-state index contributed by atoms with van der Waals surface area (Å²) in [5.41, 5.74) is 0.256. The summed E-state index contributed by atoms with van der Waals surface area (Å²) in [4.78, 5) is 12.1. The lowest BCUT2D eigenvalue weighted by Gasteiger charge is -2.10. The molecule has 116 valence electrons. The first-order valence-corrected chi connectivity index (χ1v) is 8.92. The Bertz CT molecular complexity index is 629. The molecule has 0 aromatic heterocycles. The van der Waals surface area contributed by atoms with Crippen LogP contribution in [0, 0.1) is 0 Å². The van der Waals surface area contributed by atoms with Gasteiger partial charge in [-0.3, -0.25) is 4.79 Å². The molecule has 0 radical (unpaired) electrons. The van der Waals surface area contributed by atoms with Crippen molar-refractivity contribution in [2.24, 2.45) is 0 Å². The first kappa shape index (κ1) is 16.4. The molecule has 1 saturated carbocycles. The van der Waals surface area contributed by atoms with Gasteiger partial charge in [-0.1, -0.05) is 0 Å². The van der Waals surface area contributed by atoms with Crippen molar-refractivity contribution >= 4 is 31.9 Å². The quantitative estimate of drug-likeness (QED) is 0.618. The molecule has 1 aromatic carbocycles. The maximum atomic E-state index is 12.1. The highest BCUT2D eigenvalue weighted by Gasteiger charge is 2.28. The number of carbonyl (C=O) groups excluding carboxylic acids is 1. The molecule has 6 nitrogen and oxygen atoms in total. The second kappa shape index (κ2) is 6.87. The highest BCUT2D eigenvalue weighted by molar-refractivity contribution is 9.10. The van der Waals surface area contributed by atoms with E-state index in [0.29, 0.717) is 17.4 Å². The van der Waals surface area contributed by atoms with E-state index < -0.39 is 10.0 Å². The van der Waals surface area contributed by atoms with E-state index in [0.717, 1.165) is 12.8 Å². The Kier molecular flexibility index (Phi) is 5.37. The van der Waals surface area contributed by atoms with Crippen LogP contribution < -0.4 is 10.0 Å². The second-order valence-corrected chi connectivity index (χ2v) is 7.44. The Balaban J connectivity index is 2.18. The number of carbonyl (C=O) groups is 1. The Morgan fingerprint density at radius 3 is 2.71 bits per heavy atom. The Labute approximate surface area is 132 Å². The van der Waals surface area contributed by atoms with Crippen molar-refractivity contribution in [2.75, 3.05) is 13.2 Å². The van der Waals surface area contributed by atoms with Gasteiger partial charge in [0, 0.05) is 23.7 Å². The zero-order valence-electron chi connectivity index (χ0n) is 11.3. The summed E-state index contributed by atoms with van der Waals surface area (Å²) >= 11 is 3.24. The Morgan fingerprint density at radius 1 is 1.38 bits per heavy atom. The number of rotatable bonds is 7. The van der Waals surface area contributed by atoms with Gasteiger partial charge in [-0.25, -0.2) is 13.1 Å². The van der Waals surface area contributed by atoms with Gasteiger partial charge in [-0.05, 0) is 53.4 Å². The van der Waals surface area contributed by atoms with Gasteiger partial charge in [0.1, 0.15) is 0 Å². The predicted molar refractivity (Wildman–Crippen MR) is 81.5 cm³/mol. The molecule has 1 aliphatic rings. The smallest absolute Gasteiger partial charge is 0.252 e. The number of aliphatic hydroxyl groups excluding tert-OH is 1. The minimum Gasteiger partial charge on any atom is -0.396 e. The van der Waals surface area contributed by atoms with Crippen molar-refractivity contribution in [3.8, 4) is 0 Å². The number of aliphatic hydroxyl groups is 1. The largest absolute Gasteiger partial charge is 0.396 e. The topological polar surface area (TPSA) is 95.5 Å². The summed E-state index contributed by atoms with van der Waals surface area (Å²) < 4.78 is 27.4. The highest BCUT2D eigenvalue weighted by Crippen LogP contribution is 2.25. The van der Waals surface area contributed by atoms with E-state index in [1.54, 1.807) is 6.07 Å². The fraction of sp³-hybridized carbons (Fsp3) is 0.462. The molecule has 21 heavy (non-hydrogen) atoms. The van der Waals surface area contributed by atoms with E-state index in [9.17, 15) is 13.2 Å². The minimum atomic E-state index is -3.59. The van der Waals surface area contributed by atoms with Crippen molar-refractivity contribution < 1.29 is 18.3 Å². The number of hydrogen-bond donors (Lipinski definition) is 3. The predicted octanol–water partition coefficient (Wildman–Crippen LogP) is 1.00. The van der Waals surface area contributed by atoms with E-state index in [1.807, 2.05) is 0 Å². The van der Waals surface area contributed by atoms with E-state index in [4.69, 9.17) is 5.11 Å². The molecule has 1 aromatic rings. The van der Waals surface area contributed by atoms with Crippen LogP contribution in [-0.4, -0.2) is 38.6 Å². The van der Waals surface area contributed by atoms with Crippen LogP contribution >= 0.6 is 15.9 Å². The van der Waals surface area contributed by atoms with Gasteiger partial charge < -0.3 is 10.4 Å². The van der Waals surface area contributed by atoms with Crippen LogP contribution in [0.1, 0.15) is 29.6 Å².